The topological polar surface area (TPSA) is 41.0 Å². The summed E-state index contributed by atoms with van der Waals surface area (Å²) in [5.41, 5.74) is 0.303. The van der Waals surface area contributed by atoms with Gasteiger partial charge in [-0.1, -0.05) is 0 Å². The van der Waals surface area contributed by atoms with E-state index in [1.54, 1.807) is 0 Å². The van der Waals surface area contributed by atoms with Gasteiger partial charge < -0.3 is 5.32 Å². The molecule has 1 N–H and O–H groups in total. The Bertz CT molecular complexity index is 376. The molecule has 0 radical (unpaired) electrons. The van der Waals surface area contributed by atoms with E-state index in [0.717, 1.165) is 37.9 Å². The Morgan fingerprint density at radius 2 is 2.18 bits per heavy atom. The molecule has 3 rings (SSSR count). The SMILES string of the molecule is CC1(C2CC2)CNCCN1Cc1ncccn1. The molecule has 1 saturated heterocycles. The molecular weight excluding hydrogens is 212 g/mol. The smallest absolute Gasteiger partial charge is 0.142 e. The van der Waals surface area contributed by atoms with Gasteiger partial charge in [-0.05, 0) is 31.7 Å². The lowest BCUT2D eigenvalue weighted by Crippen LogP contribution is -2.60. The summed E-state index contributed by atoms with van der Waals surface area (Å²) < 4.78 is 0. The summed E-state index contributed by atoms with van der Waals surface area (Å²) in [6, 6.07) is 1.88. The molecule has 2 fully saturated rings. The highest BCUT2D eigenvalue weighted by Crippen LogP contribution is 2.43. The van der Waals surface area contributed by atoms with Gasteiger partial charge in [0.15, 0.2) is 0 Å². The Morgan fingerprint density at radius 1 is 1.41 bits per heavy atom. The second kappa shape index (κ2) is 4.35. The van der Waals surface area contributed by atoms with Crippen molar-refractivity contribution >= 4 is 0 Å². The van der Waals surface area contributed by atoms with Crippen LogP contribution in [0, 0.1) is 5.92 Å². The van der Waals surface area contributed by atoms with Gasteiger partial charge in [0.25, 0.3) is 0 Å². The molecule has 0 aromatic carbocycles. The lowest BCUT2D eigenvalue weighted by molar-refractivity contribution is 0.0461. The summed E-state index contributed by atoms with van der Waals surface area (Å²) in [4.78, 5) is 11.3. The number of hydrogen-bond acceptors (Lipinski definition) is 4. The van der Waals surface area contributed by atoms with Crippen LogP contribution in [0.25, 0.3) is 0 Å². The average molecular weight is 232 g/mol. The van der Waals surface area contributed by atoms with E-state index in [9.17, 15) is 0 Å². The third-order valence-corrected chi connectivity index (χ3v) is 4.17. The highest BCUT2D eigenvalue weighted by molar-refractivity contribution is 5.04. The predicted molar refractivity (Wildman–Crippen MR) is 66.4 cm³/mol. The van der Waals surface area contributed by atoms with Crippen LogP contribution in [0.3, 0.4) is 0 Å². The monoisotopic (exact) mass is 232 g/mol. The Hall–Kier alpha value is -1.00. The molecular formula is C13H20N4. The van der Waals surface area contributed by atoms with Crippen molar-refractivity contribution in [1.29, 1.82) is 0 Å². The van der Waals surface area contributed by atoms with Gasteiger partial charge in [0, 0.05) is 37.6 Å². The van der Waals surface area contributed by atoms with Gasteiger partial charge in [-0.25, -0.2) is 9.97 Å². The standard InChI is InChI=1S/C13H20N4/c1-13(11-3-4-11)10-14-7-8-17(13)9-12-15-5-2-6-16-12/h2,5-6,11,14H,3-4,7-10H2,1H3. The molecule has 92 valence electrons. The van der Waals surface area contributed by atoms with Crippen molar-refractivity contribution in [2.45, 2.75) is 31.8 Å². The molecule has 4 nitrogen and oxygen atoms in total. The van der Waals surface area contributed by atoms with Crippen molar-refractivity contribution in [3.63, 3.8) is 0 Å². The quantitative estimate of drug-likeness (QED) is 0.846. The van der Waals surface area contributed by atoms with Gasteiger partial charge in [0.05, 0.1) is 6.54 Å². The van der Waals surface area contributed by atoms with Crippen LogP contribution in [-0.4, -0.2) is 40.0 Å². The minimum atomic E-state index is 0.303. The van der Waals surface area contributed by atoms with E-state index < -0.39 is 0 Å². The first kappa shape index (κ1) is 11.1. The molecule has 2 heterocycles. The molecule has 1 aromatic rings. The Kier molecular flexibility index (Phi) is 2.84. The van der Waals surface area contributed by atoms with Gasteiger partial charge in [-0.15, -0.1) is 0 Å². The van der Waals surface area contributed by atoms with Crippen LogP contribution in [0.4, 0.5) is 0 Å². The Morgan fingerprint density at radius 3 is 2.88 bits per heavy atom. The normalized spacial score (nSPS) is 30.4. The zero-order chi connectivity index (χ0) is 11.7. The second-order valence-electron chi connectivity index (χ2n) is 5.39. The van der Waals surface area contributed by atoms with Crippen LogP contribution in [0.15, 0.2) is 18.5 Å². The number of piperazine rings is 1. The molecule has 1 aliphatic heterocycles. The molecule has 1 saturated carbocycles. The molecule has 1 aliphatic carbocycles. The van der Waals surface area contributed by atoms with Gasteiger partial charge in [0.1, 0.15) is 5.82 Å². The molecule has 2 aliphatic rings. The summed E-state index contributed by atoms with van der Waals surface area (Å²) in [5.74, 6) is 1.81. The first-order chi connectivity index (χ1) is 8.29. The second-order valence-corrected chi connectivity index (χ2v) is 5.39. The Labute approximate surface area is 102 Å². The van der Waals surface area contributed by atoms with Crippen LogP contribution in [-0.2, 0) is 6.54 Å². The average Bonchev–Trinajstić information content (AvgIpc) is 3.18. The van der Waals surface area contributed by atoms with Crippen LogP contribution in [0.5, 0.6) is 0 Å². The summed E-state index contributed by atoms with van der Waals surface area (Å²) in [6.45, 7) is 6.56. The maximum atomic E-state index is 4.34. The van der Waals surface area contributed by atoms with E-state index in [1.165, 1.54) is 12.8 Å². The molecule has 0 spiro atoms. The summed E-state index contributed by atoms with van der Waals surface area (Å²) in [6.07, 6.45) is 6.42. The number of hydrogen-bond donors (Lipinski definition) is 1. The molecule has 0 bridgehead atoms. The van der Waals surface area contributed by atoms with Crippen molar-refractivity contribution in [3.8, 4) is 0 Å². The molecule has 0 amide bonds. The molecule has 17 heavy (non-hydrogen) atoms. The van der Waals surface area contributed by atoms with Crippen molar-refractivity contribution < 1.29 is 0 Å². The van der Waals surface area contributed by atoms with Gasteiger partial charge >= 0.3 is 0 Å². The van der Waals surface area contributed by atoms with Crippen molar-refractivity contribution in [2.75, 3.05) is 19.6 Å². The number of aromatic nitrogens is 2. The first-order valence-electron chi connectivity index (χ1n) is 6.51. The minimum absolute atomic E-state index is 0.303. The summed E-state index contributed by atoms with van der Waals surface area (Å²) >= 11 is 0. The third kappa shape index (κ3) is 2.19. The van der Waals surface area contributed by atoms with E-state index in [0.29, 0.717) is 5.54 Å². The fraction of sp³-hybridized carbons (Fsp3) is 0.692. The number of nitrogens with zero attached hydrogens (tertiary/aromatic N) is 3. The molecule has 4 heteroatoms. The third-order valence-electron chi connectivity index (χ3n) is 4.17. The van der Waals surface area contributed by atoms with Crippen LogP contribution < -0.4 is 5.32 Å². The molecule has 1 aromatic heterocycles. The Balaban J connectivity index is 1.75. The van der Waals surface area contributed by atoms with Crippen molar-refractivity contribution in [2.24, 2.45) is 5.92 Å². The molecule has 1 unspecified atom stereocenters. The van der Waals surface area contributed by atoms with E-state index >= 15 is 0 Å². The van der Waals surface area contributed by atoms with Crippen LogP contribution in [0.2, 0.25) is 0 Å². The van der Waals surface area contributed by atoms with Crippen LogP contribution in [0.1, 0.15) is 25.6 Å². The van der Waals surface area contributed by atoms with E-state index in [4.69, 9.17) is 0 Å². The van der Waals surface area contributed by atoms with Crippen molar-refractivity contribution in [1.82, 2.24) is 20.2 Å². The zero-order valence-corrected chi connectivity index (χ0v) is 10.4. The lowest BCUT2D eigenvalue weighted by atomic mass is 9.91. The maximum absolute atomic E-state index is 4.34. The number of nitrogens with one attached hydrogen (secondary N) is 1. The van der Waals surface area contributed by atoms with E-state index in [-0.39, 0.29) is 0 Å². The number of rotatable bonds is 3. The maximum Gasteiger partial charge on any atom is 0.142 e. The zero-order valence-electron chi connectivity index (χ0n) is 10.4. The highest BCUT2D eigenvalue weighted by Gasteiger charge is 2.46. The molecule has 1 atom stereocenters. The minimum Gasteiger partial charge on any atom is -0.314 e. The van der Waals surface area contributed by atoms with E-state index in [1.807, 2.05) is 18.5 Å². The van der Waals surface area contributed by atoms with Gasteiger partial charge in [0.2, 0.25) is 0 Å². The highest BCUT2D eigenvalue weighted by atomic mass is 15.3. The fourth-order valence-corrected chi connectivity index (χ4v) is 2.87. The fourth-order valence-electron chi connectivity index (χ4n) is 2.87. The summed E-state index contributed by atoms with van der Waals surface area (Å²) in [5, 5.41) is 3.53. The van der Waals surface area contributed by atoms with Gasteiger partial charge in [-0.2, -0.15) is 0 Å². The first-order valence-corrected chi connectivity index (χ1v) is 6.51. The predicted octanol–water partition coefficient (Wildman–Crippen LogP) is 1.05. The van der Waals surface area contributed by atoms with Gasteiger partial charge in [-0.3, -0.25) is 4.90 Å². The lowest BCUT2D eigenvalue weighted by Gasteiger charge is -2.45. The van der Waals surface area contributed by atoms with E-state index in [2.05, 4.69) is 27.1 Å². The summed E-state index contributed by atoms with van der Waals surface area (Å²) in [7, 11) is 0. The largest absolute Gasteiger partial charge is 0.314 e. The van der Waals surface area contributed by atoms with Crippen LogP contribution >= 0.6 is 0 Å². The van der Waals surface area contributed by atoms with Crippen molar-refractivity contribution in [3.05, 3.63) is 24.3 Å².